The Bertz CT molecular complexity index is 724. The Morgan fingerprint density at radius 1 is 1.38 bits per heavy atom. The summed E-state index contributed by atoms with van der Waals surface area (Å²) in [7, 11) is 0. The van der Waals surface area contributed by atoms with E-state index in [9.17, 15) is 9.90 Å². The van der Waals surface area contributed by atoms with Crippen molar-refractivity contribution in [3.8, 4) is 0 Å². The van der Waals surface area contributed by atoms with Gasteiger partial charge in [-0.1, -0.05) is 11.6 Å². The monoisotopic (exact) mass is 304 g/mol. The Kier molecular flexibility index (Phi) is 2.98. The number of halogens is 1. The number of nitrogens with zero attached hydrogens (tertiary/aromatic N) is 1. The standard InChI is InChI=1S/C16H17ClN2O2/c17-9-3-4-13-12(8-9)10-5-7-19-6-1-2-11(16(20)21)15(19)14(10)18-13/h3-4,8,11,15,18H,1-2,5-7H2,(H,20,21)/t11-,15-/m0/s1. The highest BCUT2D eigenvalue weighted by Crippen LogP contribution is 2.42. The van der Waals surface area contributed by atoms with Gasteiger partial charge in [-0.2, -0.15) is 0 Å². The Morgan fingerprint density at radius 3 is 3.05 bits per heavy atom. The van der Waals surface area contributed by atoms with Gasteiger partial charge in [-0.25, -0.2) is 0 Å². The van der Waals surface area contributed by atoms with E-state index in [-0.39, 0.29) is 12.0 Å². The summed E-state index contributed by atoms with van der Waals surface area (Å²) in [6, 6.07) is 5.82. The van der Waals surface area contributed by atoms with Crippen LogP contribution in [0.2, 0.25) is 5.02 Å². The summed E-state index contributed by atoms with van der Waals surface area (Å²) in [6.07, 6.45) is 2.68. The lowest BCUT2D eigenvalue weighted by molar-refractivity contribution is -0.146. The first-order chi connectivity index (χ1) is 10.1. The average Bonchev–Trinajstić information content (AvgIpc) is 2.84. The topological polar surface area (TPSA) is 56.3 Å². The van der Waals surface area contributed by atoms with Gasteiger partial charge in [0.15, 0.2) is 0 Å². The van der Waals surface area contributed by atoms with Gasteiger partial charge in [0.05, 0.1) is 12.0 Å². The second kappa shape index (κ2) is 4.75. The molecular formula is C16H17ClN2O2. The molecule has 1 fully saturated rings. The summed E-state index contributed by atoms with van der Waals surface area (Å²) < 4.78 is 0. The van der Waals surface area contributed by atoms with Crippen LogP contribution < -0.4 is 0 Å². The van der Waals surface area contributed by atoms with Gasteiger partial charge in [0.2, 0.25) is 0 Å². The number of aliphatic carboxylic acids is 1. The third kappa shape index (κ3) is 1.97. The van der Waals surface area contributed by atoms with E-state index in [1.165, 1.54) is 5.56 Å². The lowest BCUT2D eigenvalue weighted by atomic mass is 9.82. The molecule has 2 aromatic rings. The molecule has 21 heavy (non-hydrogen) atoms. The van der Waals surface area contributed by atoms with Crippen molar-refractivity contribution in [3.05, 3.63) is 34.5 Å². The van der Waals surface area contributed by atoms with Crippen LogP contribution in [0.4, 0.5) is 0 Å². The lowest BCUT2D eigenvalue weighted by Crippen LogP contribution is -2.45. The number of aromatic nitrogens is 1. The van der Waals surface area contributed by atoms with E-state index in [2.05, 4.69) is 9.88 Å². The van der Waals surface area contributed by atoms with Crippen molar-refractivity contribution in [2.45, 2.75) is 25.3 Å². The number of hydrogen-bond donors (Lipinski definition) is 2. The minimum Gasteiger partial charge on any atom is -0.481 e. The molecule has 2 atom stereocenters. The summed E-state index contributed by atoms with van der Waals surface area (Å²) in [5, 5.41) is 11.4. The van der Waals surface area contributed by atoms with Gasteiger partial charge in [-0.05, 0) is 49.6 Å². The van der Waals surface area contributed by atoms with Crippen LogP contribution >= 0.6 is 11.6 Å². The number of rotatable bonds is 1. The maximum atomic E-state index is 11.6. The Labute approximate surface area is 127 Å². The molecule has 0 bridgehead atoms. The molecule has 110 valence electrons. The zero-order valence-corrected chi connectivity index (χ0v) is 12.4. The van der Waals surface area contributed by atoms with Crippen molar-refractivity contribution in [2.24, 2.45) is 5.92 Å². The molecule has 0 spiro atoms. The van der Waals surface area contributed by atoms with E-state index < -0.39 is 5.97 Å². The SMILES string of the molecule is O=C(O)[C@H]1CCCN2CCc3c([nH]c4ccc(Cl)cc34)[C@H]12. The van der Waals surface area contributed by atoms with Gasteiger partial charge in [0.1, 0.15) is 0 Å². The first-order valence-electron chi connectivity index (χ1n) is 7.42. The molecule has 2 aliphatic rings. The number of piperidine rings is 1. The van der Waals surface area contributed by atoms with E-state index in [0.717, 1.165) is 54.0 Å². The van der Waals surface area contributed by atoms with Gasteiger partial charge in [0, 0.05) is 28.2 Å². The largest absolute Gasteiger partial charge is 0.481 e. The third-order valence-electron chi connectivity index (χ3n) is 4.90. The maximum Gasteiger partial charge on any atom is 0.308 e. The van der Waals surface area contributed by atoms with E-state index in [0.29, 0.717) is 0 Å². The van der Waals surface area contributed by atoms with Crippen LogP contribution in [0.3, 0.4) is 0 Å². The highest BCUT2D eigenvalue weighted by molar-refractivity contribution is 6.31. The Balaban J connectivity index is 1.89. The molecule has 0 aliphatic carbocycles. The fourth-order valence-electron chi connectivity index (χ4n) is 3.98. The fourth-order valence-corrected chi connectivity index (χ4v) is 4.15. The van der Waals surface area contributed by atoms with E-state index >= 15 is 0 Å². The molecule has 0 saturated carbocycles. The first kappa shape index (κ1) is 13.2. The average molecular weight is 305 g/mol. The number of carboxylic acids is 1. The van der Waals surface area contributed by atoms with E-state index in [1.54, 1.807) is 0 Å². The molecule has 1 saturated heterocycles. The van der Waals surface area contributed by atoms with Crippen molar-refractivity contribution in [3.63, 3.8) is 0 Å². The van der Waals surface area contributed by atoms with Crippen molar-refractivity contribution in [2.75, 3.05) is 13.1 Å². The van der Waals surface area contributed by atoms with Crippen LogP contribution in [0, 0.1) is 5.92 Å². The van der Waals surface area contributed by atoms with Crippen LogP contribution in [0.25, 0.3) is 10.9 Å². The van der Waals surface area contributed by atoms with Crippen molar-refractivity contribution in [1.29, 1.82) is 0 Å². The molecule has 4 rings (SSSR count). The Morgan fingerprint density at radius 2 is 2.24 bits per heavy atom. The maximum absolute atomic E-state index is 11.6. The predicted molar refractivity (Wildman–Crippen MR) is 81.7 cm³/mol. The molecular weight excluding hydrogens is 288 g/mol. The number of carbonyl (C=O) groups is 1. The van der Waals surface area contributed by atoms with Gasteiger partial charge in [0.25, 0.3) is 0 Å². The summed E-state index contributed by atoms with van der Waals surface area (Å²) in [5.74, 6) is -1.00. The van der Waals surface area contributed by atoms with Crippen LogP contribution in [0.5, 0.6) is 0 Å². The fraction of sp³-hybridized carbons (Fsp3) is 0.438. The van der Waals surface area contributed by atoms with Gasteiger partial charge >= 0.3 is 5.97 Å². The van der Waals surface area contributed by atoms with E-state index in [1.807, 2.05) is 18.2 Å². The van der Waals surface area contributed by atoms with Crippen molar-refractivity contribution >= 4 is 28.5 Å². The second-order valence-corrected chi connectivity index (χ2v) is 6.46. The molecule has 4 nitrogen and oxygen atoms in total. The van der Waals surface area contributed by atoms with Crippen molar-refractivity contribution < 1.29 is 9.90 Å². The van der Waals surface area contributed by atoms with Crippen LogP contribution in [0.1, 0.15) is 30.1 Å². The number of hydrogen-bond acceptors (Lipinski definition) is 2. The molecule has 2 aliphatic heterocycles. The number of nitrogens with one attached hydrogen (secondary N) is 1. The molecule has 0 amide bonds. The summed E-state index contributed by atoms with van der Waals surface area (Å²) >= 11 is 6.12. The van der Waals surface area contributed by atoms with Gasteiger partial charge < -0.3 is 10.1 Å². The molecule has 5 heteroatoms. The highest BCUT2D eigenvalue weighted by Gasteiger charge is 2.41. The highest BCUT2D eigenvalue weighted by atomic mass is 35.5. The number of carboxylic acid groups (broad SMARTS) is 1. The summed E-state index contributed by atoms with van der Waals surface area (Å²) in [5.41, 5.74) is 3.40. The first-order valence-corrected chi connectivity index (χ1v) is 7.80. The second-order valence-electron chi connectivity index (χ2n) is 6.02. The number of fused-ring (bicyclic) bond motifs is 5. The molecule has 0 unspecified atom stereocenters. The normalized spacial score (nSPS) is 25.6. The van der Waals surface area contributed by atoms with Gasteiger partial charge in [-0.3, -0.25) is 9.69 Å². The van der Waals surface area contributed by atoms with E-state index in [4.69, 9.17) is 11.6 Å². The molecule has 1 aromatic heterocycles. The van der Waals surface area contributed by atoms with Crippen LogP contribution in [-0.2, 0) is 11.2 Å². The Hall–Kier alpha value is -1.52. The number of H-pyrrole nitrogens is 1. The van der Waals surface area contributed by atoms with Crippen LogP contribution in [0.15, 0.2) is 18.2 Å². The summed E-state index contributed by atoms with van der Waals surface area (Å²) in [4.78, 5) is 17.4. The minimum atomic E-state index is -0.686. The van der Waals surface area contributed by atoms with Crippen LogP contribution in [-0.4, -0.2) is 34.0 Å². The van der Waals surface area contributed by atoms with Crippen molar-refractivity contribution in [1.82, 2.24) is 9.88 Å². The third-order valence-corrected chi connectivity index (χ3v) is 5.13. The predicted octanol–water partition coefficient (Wildman–Crippen LogP) is 3.22. The molecule has 0 radical (unpaired) electrons. The lowest BCUT2D eigenvalue weighted by Gasteiger charge is -2.42. The minimum absolute atomic E-state index is 0.0221. The number of aromatic amines is 1. The quantitative estimate of drug-likeness (QED) is 0.850. The smallest absolute Gasteiger partial charge is 0.308 e. The summed E-state index contributed by atoms with van der Waals surface area (Å²) in [6.45, 7) is 1.92. The number of benzene rings is 1. The molecule has 2 N–H and O–H groups in total. The molecule has 1 aromatic carbocycles. The zero-order chi connectivity index (χ0) is 14.6. The van der Waals surface area contributed by atoms with Gasteiger partial charge in [-0.15, -0.1) is 0 Å². The zero-order valence-electron chi connectivity index (χ0n) is 11.6. The molecule has 3 heterocycles.